The quantitative estimate of drug-likeness (QED) is 0.855. The maximum absolute atomic E-state index is 9.29. The van der Waals surface area contributed by atoms with Gasteiger partial charge in [0.25, 0.3) is 0 Å². The normalized spacial score (nSPS) is 23.5. The molecule has 0 radical (unpaired) electrons. The topological polar surface area (TPSA) is 40.5 Å². The molecule has 17 heavy (non-hydrogen) atoms. The first kappa shape index (κ1) is 12.1. The molecular weight excluding hydrogens is 232 g/mol. The van der Waals surface area contributed by atoms with E-state index in [1.165, 1.54) is 5.56 Å². The second-order valence-corrected chi connectivity index (χ2v) is 5.94. The number of aliphatic hydroxyl groups excluding tert-OH is 1. The highest BCUT2D eigenvalue weighted by Gasteiger charge is 2.22. The zero-order valence-corrected chi connectivity index (χ0v) is 10.6. The van der Waals surface area contributed by atoms with E-state index in [-0.39, 0.29) is 4.75 Å². The van der Waals surface area contributed by atoms with Crippen molar-refractivity contribution >= 4 is 11.8 Å². The summed E-state index contributed by atoms with van der Waals surface area (Å²) >= 11 is 1.84. The maximum atomic E-state index is 9.29. The number of hydrogen-bond donors (Lipinski definition) is 2. The Morgan fingerprint density at radius 2 is 1.94 bits per heavy atom. The molecule has 0 saturated carbocycles. The van der Waals surface area contributed by atoms with Gasteiger partial charge in [0.2, 0.25) is 0 Å². The predicted molar refractivity (Wildman–Crippen MR) is 72.3 cm³/mol. The van der Waals surface area contributed by atoms with Crippen LogP contribution in [0.5, 0.6) is 5.75 Å². The second kappa shape index (κ2) is 4.88. The molecule has 0 heterocycles. The van der Waals surface area contributed by atoms with Crippen LogP contribution in [0.2, 0.25) is 0 Å². The average molecular weight is 248 g/mol. The summed E-state index contributed by atoms with van der Waals surface area (Å²) in [5.74, 6) is 1.55. The smallest absolute Gasteiger partial charge is 0.115 e. The fourth-order valence-corrected chi connectivity index (χ4v) is 2.71. The fourth-order valence-electron chi connectivity index (χ4n) is 1.65. The van der Waals surface area contributed by atoms with Crippen molar-refractivity contribution < 1.29 is 10.2 Å². The van der Waals surface area contributed by atoms with E-state index >= 15 is 0 Å². The molecule has 2 rings (SSSR count). The minimum absolute atomic E-state index is 0.0458. The molecule has 1 aliphatic rings. The van der Waals surface area contributed by atoms with Crippen LogP contribution < -0.4 is 0 Å². The van der Waals surface area contributed by atoms with Crippen molar-refractivity contribution in [3.63, 3.8) is 0 Å². The first-order valence-corrected chi connectivity index (χ1v) is 6.56. The Morgan fingerprint density at radius 1 is 1.24 bits per heavy atom. The van der Waals surface area contributed by atoms with Crippen LogP contribution in [-0.4, -0.2) is 15.0 Å². The van der Waals surface area contributed by atoms with E-state index in [1.807, 2.05) is 36.0 Å². The molecule has 0 amide bonds. The average Bonchev–Trinajstić information content (AvgIpc) is 2.33. The SMILES string of the molecule is CC1(SCc2ccc(O)cc2)C=CC(O)=CC1. The number of aromatic hydroxyl groups is 1. The van der Waals surface area contributed by atoms with Gasteiger partial charge in [-0.15, -0.1) is 11.8 Å². The van der Waals surface area contributed by atoms with Crippen LogP contribution in [0.4, 0.5) is 0 Å². The first-order valence-electron chi connectivity index (χ1n) is 5.58. The lowest BCUT2D eigenvalue weighted by Crippen LogP contribution is -2.18. The van der Waals surface area contributed by atoms with Crippen molar-refractivity contribution in [3.8, 4) is 5.75 Å². The van der Waals surface area contributed by atoms with Crippen LogP contribution in [0.25, 0.3) is 0 Å². The molecule has 1 aromatic carbocycles. The molecule has 0 fully saturated rings. The van der Waals surface area contributed by atoms with E-state index in [0.29, 0.717) is 11.5 Å². The molecule has 0 aliphatic heterocycles. The lowest BCUT2D eigenvalue weighted by Gasteiger charge is -2.26. The van der Waals surface area contributed by atoms with E-state index in [9.17, 15) is 10.2 Å². The van der Waals surface area contributed by atoms with Crippen molar-refractivity contribution in [3.05, 3.63) is 53.8 Å². The van der Waals surface area contributed by atoms with Gasteiger partial charge in [0, 0.05) is 10.5 Å². The molecule has 1 aromatic rings. The van der Waals surface area contributed by atoms with Crippen LogP contribution in [0.1, 0.15) is 18.9 Å². The summed E-state index contributed by atoms with van der Waals surface area (Å²) in [5, 5.41) is 18.5. The van der Waals surface area contributed by atoms with Crippen LogP contribution >= 0.6 is 11.8 Å². The number of thioether (sulfide) groups is 1. The highest BCUT2D eigenvalue weighted by molar-refractivity contribution is 8.00. The number of allylic oxidation sites excluding steroid dienone is 2. The van der Waals surface area contributed by atoms with Crippen LogP contribution in [-0.2, 0) is 5.75 Å². The van der Waals surface area contributed by atoms with Gasteiger partial charge in [-0.2, -0.15) is 0 Å². The standard InChI is InChI=1S/C14H16O2S/c1-14(8-6-13(16)7-9-14)17-10-11-2-4-12(15)5-3-11/h2-8,15-16H,9-10H2,1H3. The summed E-state index contributed by atoms with van der Waals surface area (Å²) in [7, 11) is 0. The Hall–Kier alpha value is -1.35. The molecule has 1 aliphatic carbocycles. The summed E-state index contributed by atoms with van der Waals surface area (Å²) in [6.07, 6.45) is 6.50. The Morgan fingerprint density at radius 3 is 2.53 bits per heavy atom. The summed E-state index contributed by atoms with van der Waals surface area (Å²) in [5.41, 5.74) is 1.20. The van der Waals surface area contributed by atoms with Crippen molar-refractivity contribution in [1.29, 1.82) is 0 Å². The number of benzene rings is 1. The van der Waals surface area contributed by atoms with E-state index in [1.54, 1.807) is 18.2 Å². The number of hydrogen-bond acceptors (Lipinski definition) is 3. The van der Waals surface area contributed by atoms with Crippen molar-refractivity contribution in [1.82, 2.24) is 0 Å². The molecule has 0 aromatic heterocycles. The molecule has 90 valence electrons. The van der Waals surface area contributed by atoms with Gasteiger partial charge in [0.15, 0.2) is 0 Å². The minimum Gasteiger partial charge on any atom is -0.508 e. The van der Waals surface area contributed by atoms with Gasteiger partial charge in [-0.3, -0.25) is 0 Å². The van der Waals surface area contributed by atoms with Crippen molar-refractivity contribution in [2.75, 3.05) is 0 Å². The maximum Gasteiger partial charge on any atom is 0.115 e. The van der Waals surface area contributed by atoms with Crippen LogP contribution in [0.3, 0.4) is 0 Å². The summed E-state index contributed by atoms with van der Waals surface area (Å²) < 4.78 is 0.0458. The third-order valence-electron chi connectivity index (χ3n) is 2.83. The first-order chi connectivity index (χ1) is 8.07. The second-order valence-electron chi connectivity index (χ2n) is 4.43. The molecule has 0 saturated heterocycles. The summed E-state index contributed by atoms with van der Waals surface area (Å²) in [4.78, 5) is 0. The molecule has 2 nitrogen and oxygen atoms in total. The van der Waals surface area contributed by atoms with E-state index in [0.717, 1.165) is 12.2 Å². The monoisotopic (exact) mass is 248 g/mol. The largest absolute Gasteiger partial charge is 0.508 e. The Kier molecular flexibility index (Phi) is 3.48. The van der Waals surface area contributed by atoms with E-state index < -0.39 is 0 Å². The third-order valence-corrected chi connectivity index (χ3v) is 4.27. The fraction of sp³-hybridized carbons (Fsp3) is 0.286. The van der Waals surface area contributed by atoms with Gasteiger partial charge in [-0.25, -0.2) is 0 Å². The lowest BCUT2D eigenvalue weighted by atomic mass is 10.0. The van der Waals surface area contributed by atoms with Crippen molar-refractivity contribution in [2.24, 2.45) is 0 Å². The molecule has 3 heteroatoms. The highest BCUT2D eigenvalue weighted by atomic mass is 32.2. The molecule has 1 atom stereocenters. The number of rotatable bonds is 3. The lowest BCUT2D eigenvalue weighted by molar-refractivity contribution is 0.424. The van der Waals surface area contributed by atoms with Crippen molar-refractivity contribution in [2.45, 2.75) is 23.8 Å². The van der Waals surface area contributed by atoms with E-state index in [2.05, 4.69) is 6.92 Å². The number of phenols is 1. The molecule has 2 N–H and O–H groups in total. The summed E-state index contributed by atoms with van der Waals surface area (Å²) in [6, 6.07) is 7.29. The number of aliphatic hydroxyl groups is 1. The molecule has 1 unspecified atom stereocenters. The Balaban J connectivity index is 1.94. The zero-order chi connectivity index (χ0) is 12.3. The van der Waals surface area contributed by atoms with Gasteiger partial charge in [0.05, 0.1) is 0 Å². The van der Waals surface area contributed by atoms with Gasteiger partial charge in [-0.1, -0.05) is 18.2 Å². The molecule has 0 bridgehead atoms. The Labute approximate surface area is 106 Å². The number of phenolic OH excluding ortho intramolecular Hbond substituents is 1. The highest BCUT2D eigenvalue weighted by Crippen LogP contribution is 2.36. The van der Waals surface area contributed by atoms with E-state index in [4.69, 9.17) is 0 Å². The molecule has 0 spiro atoms. The van der Waals surface area contributed by atoms with Gasteiger partial charge >= 0.3 is 0 Å². The van der Waals surface area contributed by atoms with Crippen LogP contribution in [0.15, 0.2) is 48.3 Å². The van der Waals surface area contributed by atoms with Gasteiger partial charge in [-0.05, 0) is 43.2 Å². The van der Waals surface area contributed by atoms with Gasteiger partial charge in [0.1, 0.15) is 11.5 Å². The minimum atomic E-state index is 0.0458. The van der Waals surface area contributed by atoms with Gasteiger partial charge < -0.3 is 10.2 Å². The Bertz CT molecular complexity index is 448. The summed E-state index contributed by atoms with van der Waals surface area (Å²) in [6.45, 7) is 2.16. The predicted octanol–water partition coefficient (Wildman–Crippen LogP) is 3.79. The van der Waals surface area contributed by atoms with Crippen LogP contribution in [0, 0.1) is 0 Å². The third kappa shape index (κ3) is 3.30. The molecular formula is C14H16O2S. The zero-order valence-electron chi connectivity index (χ0n) is 9.76.